The molecule has 1 fully saturated rings. The Hall–Kier alpha value is -0.660. The summed E-state index contributed by atoms with van der Waals surface area (Å²) in [7, 11) is -2.08. The molecule has 7 heteroatoms. The second kappa shape index (κ2) is 6.19. The van der Waals surface area contributed by atoms with Crippen molar-refractivity contribution < 1.29 is 18.3 Å². The summed E-state index contributed by atoms with van der Waals surface area (Å²) in [6.07, 6.45) is 2.64. The molecule has 0 amide bonds. The largest absolute Gasteiger partial charge is 0.481 e. The average molecular weight is 292 g/mol. The number of nitrogens with zero attached hydrogens (tertiary/aromatic N) is 2. The van der Waals surface area contributed by atoms with Gasteiger partial charge in [-0.3, -0.25) is 4.79 Å². The normalized spacial score (nSPS) is 20.0. The monoisotopic (exact) mass is 292 g/mol. The molecule has 0 saturated carbocycles. The summed E-state index contributed by atoms with van der Waals surface area (Å²) in [5.41, 5.74) is 0.0840. The van der Waals surface area contributed by atoms with E-state index >= 15 is 0 Å². The Labute approximate surface area is 115 Å². The van der Waals surface area contributed by atoms with Crippen LogP contribution in [0.2, 0.25) is 0 Å². The highest BCUT2D eigenvalue weighted by molar-refractivity contribution is 7.86. The highest BCUT2D eigenvalue weighted by Crippen LogP contribution is 2.38. The number of aliphatic carboxylic acids is 1. The van der Waals surface area contributed by atoms with Crippen molar-refractivity contribution in [3.63, 3.8) is 0 Å². The van der Waals surface area contributed by atoms with Crippen LogP contribution in [0.4, 0.5) is 0 Å². The Morgan fingerprint density at radius 2 is 1.95 bits per heavy atom. The molecule has 6 nitrogen and oxygen atoms in total. The van der Waals surface area contributed by atoms with E-state index in [4.69, 9.17) is 5.11 Å². The van der Waals surface area contributed by atoms with E-state index in [0.29, 0.717) is 13.1 Å². The number of carbonyl (C=O) groups is 1. The van der Waals surface area contributed by atoms with E-state index in [2.05, 4.69) is 13.8 Å². The summed E-state index contributed by atoms with van der Waals surface area (Å²) in [5.74, 6) is -0.986. The summed E-state index contributed by atoms with van der Waals surface area (Å²) in [4.78, 5) is 10.5. The van der Waals surface area contributed by atoms with Crippen LogP contribution < -0.4 is 0 Å². The fourth-order valence-electron chi connectivity index (χ4n) is 2.48. The van der Waals surface area contributed by atoms with Crippen LogP contribution in [-0.4, -0.2) is 54.8 Å². The summed E-state index contributed by atoms with van der Waals surface area (Å²) in [5, 5.41) is 8.62. The summed E-state index contributed by atoms with van der Waals surface area (Å²) in [6, 6.07) is 0. The third-order valence-electron chi connectivity index (χ3n) is 4.26. The molecule has 1 aliphatic heterocycles. The van der Waals surface area contributed by atoms with Crippen molar-refractivity contribution in [1.82, 2.24) is 8.61 Å². The van der Waals surface area contributed by atoms with Gasteiger partial charge in [0.15, 0.2) is 0 Å². The number of hydrogen-bond donors (Lipinski definition) is 1. The Morgan fingerprint density at radius 3 is 2.37 bits per heavy atom. The van der Waals surface area contributed by atoms with Gasteiger partial charge in [0.2, 0.25) is 0 Å². The highest BCUT2D eigenvalue weighted by atomic mass is 32.2. The molecule has 0 radical (unpaired) electrons. The molecule has 0 aromatic rings. The Bertz CT molecular complexity index is 417. The first kappa shape index (κ1) is 16.4. The quantitative estimate of drug-likeness (QED) is 0.763. The molecule has 0 aliphatic carbocycles. The van der Waals surface area contributed by atoms with Gasteiger partial charge < -0.3 is 5.11 Å². The molecule has 0 aromatic carbocycles. The van der Waals surface area contributed by atoms with Crippen molar-refractivity contribution in [3.05, 3.63) is 0 Å². The molecule has 112 valence electrons. The van der Waals surface area contributed by atoms with Crippen molar-refractivity contribution >= 4 is 16.2 Å². The zero-order valence-electron chi connectivity index (χ0n) is 11.9. The van der Waals surface area contributed by atoms with Gasteiger partial charge in [-0.15, -0.1) is 0 Å². The van der Waals surface area contributed by atoms with E-state index < -0.39 is 16.2 Å². The van der Waals surface area contributed by atoms with Gasteiger partial charge in [0.05, 0.1) is 6.42 Å². The van der Waals surface area contributed by atoms with E-state index in [9.17, 15) is 13.2 Å². The minimum Gasteiger partial charge on any atom is -0.481 e. The summed E-state index contributed by atoms with van der Waals surface area (Å²) >= 11 is 0. The average Bonchev–Trinajstić information content (AvgIpc) is 2.81. The van der Waals surface area contributed by atoms with E-state index in [1.807, 2.05) is 0 Å². The molecular formula is C12H24N2O4S. The van der Waals surface area contributed by atoms with Gasteiger partial charge in [0.1, 0.15) is 0 Å². The van der Waals surface area contributed by atoms with Gasteiger partial charge in [-0.1, -0.05) is 13.8 Å². The number of carboxylic acids is 1. The van der Waals surface area contributed by atoms with Gasteiger partial charge in [0.25, 0.3) is 10.2 Å². The number of rotatable bonds is 7. The molecule has 1 aliphatic rings. The fourth-order valence-corrected chi connectivity index (χ4v) is 3.96. The lowest BCUT2D eigenvalue weighted by Gasteiger charge is -2.28. The second-order valence-electron chi connectivity index (χ2n) is 5.26. The minimum absolute atomic E-state index is 0.0133. The van der Waals surface area contributed by atoms with Crippen LogP contribution in [0.5, 0.6) is 0 Å². The predicted molar refractivity (Wildman–Crippen MR) is 73.0 cm³/mol. The first-order valence-corrected chi connectivity index (χ1v) is 8.10. The van der Waals surface area contributed by atoms with Gasteiger partial charge in [-0.05, 0) is 24.7 Å². The molecule has 0 aromatic heterocycles. The topological polar surface area (TPSA) is 77.9 Å². The lowest BCUT2D eigenvalue weighted by atomic mass is 9.82. The molecule has 0 bridgehead atoms. The summed E-state index contributed by atoms with van der Waals surface area (Å²) < 4.78 is 27.3. The fraction of sp³-hybridized carbons (Fsp3) is 0.917. The van der Waals surface area contributed by atoms with E-state index in [-0.39, 0.29) is 18.4 Å². The highest BCUT2D eigenvalue weighted by Gasteiger charge is 2.41. The summed E-state index contributed by atoms with van der Waals surface area (Å²) in [6.45, 7) is 5.27. The zero-order valence-corrected chi connectivity index (χ0v) is 12.7. The van der Waals surface area contributed by atoms with E-state index in [1.165, 1.54) is 11.4 Å². The van der Waals surface area contributed by atoms with Crippen molar-refractivity contribution in [3.8, 4) is 0 Å². The van der Waals surface area contributed by atoms with Gasteiger partial charge in [-0.25, -0.2) is 0 Å². The predicted octanol–water partition coefficient (Wildman–Crippen LogP) is 1.15. The molecule has 1 saturated heterocycles. The molecule has 19 heavy (non-hydrogen) atoms. The Balaban J connectivity index is 2.71. The van der Waals surface area contributed by atoms with Gasteiger partial charge >= 0.3 is 5.97 Å². The van der Waals surface area contributed by atoms with E-state index in [0.717, 1.165) is 23.6 Å². The molecule has 1 N–H and O–H groups in total. The third kappa shape index (κ3) is 3.67. The zero-order chi connectivity index (χ0) is 14.7. The van der Waals surface area contributed by atoms with Crippen LogP contribution >= 0.6 is 0 Å². The maximum Gasteiger partial charge on any atom is 0.304 e. The number of carboxylic acid groups (broad SMARTS) is 1. The Morgan fingerprint density at radius 1 is 1.37 bits per heavy atom. The van der Waals surface area contributed by atoms with Gasteiger partial charge in [-0.2, -0.15) is 17.0 Å². The second-order valence-corrected chi connectivity index (χ2v) is 7.30. The van der Waals surface area contributed by atoms with Crippen LogP contribution in [0, 0.1) is 5.41 Å². The maximum absolute atomic E-state index is 12.3. The lowest BCUT2D eigenvalue weighted by molar-refractivity contribution is -0.137. The van der Waals surface area contributed by atoms with Crippen LogP contribution in [0.15, 0.2) is 0 Å². The maximum atomic E-state index is 12.3. The smallest absolute Gasteiger partial charge is 0.304 e. The van der Waals surface area contributed by atoms with Gasteiger partial charge in [0, 0.05) is 26.7 Å². The molecule has 0 spiro atoms. The van der Waals surface area contributed by atoms with Crippen LogP contribution in [-0.2, 0) is 15.0 Å². The lowest BCUT2D eigenvalue weighted by Crippen LogP contribution is -2.42. The van der Waals surface area contributed by atoms with Crippen molar-refractivity contribution in [2.75, 3.05) is 26.7 Å². The molecule has 0 unspecified atom stereocenters. The molecular weight excluding hydrogens is 268 g/mol. The molecule has 1 rings (SSSR count). The first-order chi connectivity index (χ1) is 8.77. The minimum atomic E-state index is -3.52. The van der Waals surface area contributed by atoms with Crippen molar-refractivity contribution in [2.24, 2.45) is 5.41 Å². The molecule has 0 atom stereocenters. The first-order valence-electron chi connectivity index (χ1n) is 6.70. The van der Waals surface area contributed by atoms with Crippen LogP contribution in [0.25, 0.3) is 0 Å². The standard InChI is InChI=1S/C12H24N2O4S/c1-4-12(5-2)7-9-14(10-12)19(17,18)13(3)8-6-11(15)16/h4-10H2,1-3H3,(H,15,16). The SMILES string of the molecule is CCC1(CC)CCN(S(=O)(=O)N(C)CCC(=O)O)C1. The number of hydrogen-bond acceptors (Lipinski definition) is 3. The third-order valence-corrected chi connectivity index (χ3v) is 6.20. The van der Waals surface area contributed by atoms with Crippen LogP contribution in [0.1, 0.15) is 39.5 Å². The van der Waals surface area contributed by atoms with Crippen molar-refractivity contribution in [2.45, 2.75) is 39.5 Å². The molecule has 1 heterocycles. The van der Waals surface area contributed by atoms with Crippen molar-refractivity contribution in [1.29, 1.82) is 0 Å². The van der Waals surface area contributed by atoms with Crippen LogP contribution in [0.3, 0.4) is 0 Å². The van der Waals surface area contributed by atoms with E-state index in [1.54, 1.807) is 0 Å². The Kier molecular flexibility index (Phi) is 5.34.